The molecule has 0 saturated heterocycles. The Hall–Kier alpha value is -2.48. The number of aromatic nitrogens is 2. The lowest BCUT2D eigenvalue weighted by atomic mass is 9.91. The molecule has 0 aromatic carbocycles. The van der Waals surface area contributed by atoms with Crippen LogP contribution in [0, 0.1) is 5.82 Å². The van der Waals surface area contributed by atoms with E-state index in [0.29, 0.717) is 23.1 Å². The number of alkyl carbamates (subject to hydrolysis) is 1. The number of carbonyl (C=O) groups excluding carboxylic acids is 1. The van der Waals surface area contributed by atoms with E-state index in [4.69, 9.17) is 4.74 Å². The molecule has 2 N–H and O–H groups in total. The van der Waals surface area contributed by atoms with Crippen molar-refractivity contribution in [3.05, 3.63) is 40.1 Å². The van der Waals surface area contributed by atoms with Gasteiger partial charge in [-0.05, 0) is 52.5 Å². The van der Waals surface area contributed by atoms with Gasteiger partial charge in [0, 0.05) is 37.3 Å². The normalized spacial score (nSPS) is 19.9. The molecular formula is C21H29FN4O3. The van der Waals surface area contributed by atoms with Gasteiger partial charge in [0.25, 0.3) is 5.56 Å². The first-order valence-electron chi connectivity index (χ1n) is 10.00. The first kappa shape index (κ1) is 21.2. The lowest BCUT2D eigenvalue weighted by molar-refractivity contribution is 0.0489. The maximum Gasteiger partial charge on any atom is 0.407 e. The number of halogens is 1. The van der Waals surface area contributed by atoms with Crippen LogP contribution in [0.2, 0.25) is 0 Å². The number of hydrogen-bond donors (Lipinski definition) is 2. The smallest absolute Gasteiger partial charge is 0.407 e. The fourth-order valence-corrected chi connectivity index (χ4v) is 3.73. The summed E-state index contributed by atoms with van der Waals surface area (Å²) in [4.78, 5) is 28.0. The maximum atomic E-state index is 14.4. The molecule has 29 heavy (non-hydrogen) atoms. The number of rotatable bonds is 4. The van der Waals surface area contributed by atoms with E-state index in [2.05, 4.69) is 15.6 Å². The zero-order valence-corrected chi connectivity index (χ0v) is 17.4. The third-order valence-corrected chi connectivity index (χ3v) is 5.20. The third kappa shape index (κ3) is 5.32. The van der Waals surface area contributed by atoms with Crippen LogP contribution < -0.4 is 16.2 Å². The highest BCUT2D eigenvalue weighted by Gasteiger charge is 2.25. The molecule has 2 aromatic rings. The van der Waals surface area contributed by atoms with Gasteiger partial charge < -0.3 is 19.9 Å². The summed E-state index contributed by atoms with van der Waals surface area (Å²) < 4.78 is 21.2. The number of pyridine rings is 2. The van der Waals surface area contributed by atoms with Crippen molar-refractivity contribution in [2.75, 3.05) is 0 Å². The lowest BCUT2D eigenvalue weighted by Gasteiger charge is -2.30. The standard InChI is InChI=1S/C21H29FN4O3/c1-21(2,3)29-20(28)25-14-7-5-13(6-8-14)23-11-15-16(22)12-24-17-9-10-18(27)26(4)19(15)17/h9-10,12-14,23H,5-8,11H2,1-4H3,(H,25,28). The number of amides is 1. The van der Waals surface area contributed by atoms with Crippen molar-refractivity contribution < 1.29 is 13.9 Å². The van der Waals surface area contributed by atoms with Gasteiger partial charge in [0.15, 0.2) is 0 Å². The van der Waals surface area contributed by atoms with E-state index in [9.17, 15) is 14.0 Å². The van der Waals surface area contributed by atoms with Crippen molar-refractivity contribution in [1.29, 1.82) is 0 Å². The summed E-state index contributed by atoms with van der Waals surface area (Å²) in [6.07, 6.45) is 4.20. The Morgan fingerprint density at radius 3 is 2.55 bits per heavy atom. The van der Waals surface area contributed by atoms with Gasteiger partial charge in [-0.25, -0.2) is 9.18 Å². The van der Waals surface area contributed by atoms with Gasteiger partial charge in [-0.3, -0.25) is 9.78 Å². The van der Waals surface area contributed by atoms with Crippen molar-refractivity contribution in [1.82, 2.24) is 20.2 Å². The van der Waals surface area contributed by atoms with E-state index in [1.165, 1.54) is 16.8 Å². The van der Waals surface area contributed by atoms with Gasteiger partial charge in [0.1, 0.15) is 11.4 Å². The zero-order chi connectivity index (χ0) is 21.2. The average molecular weight is 404 g/mol. The van der Waals surface area contributed by atoms with Crippen LogP contribution in [0.15, 0.2) is 23.1 Å². The molecule has 1 fully saturated rings. The Labute approximate surface area is 169 Å². The van der Waals surface area contributed by atoms with E-state index >= 15 is 0 Å². The summed E-state index contributed by atoms with van der Waals surface area (Å²) >= 11 is 0. The van der Waals surface area contributed by atoms with Crippen LogP contribution in [0.3, 0.4) is 0 Å². The van der Waals surface area contributed by atoms with Gasteiger partial charge in [-0.2, -0.15) is 0 Å². The van der Waals surface area contributed by atoms with Crippen LogP contribution in [0.4, 0.5) is 9.18 Å². The van der Waals surface area contributed by atoms with Crippen LogP contribution >= 0.6 is 0 Å². The Kier molecular flexibility index (Phi) is 6.21. The van der Waals surface area contributed by atoms with Crippen LogP contribution in [-0.2, 0) is 18.3 Å². The molecule has 158 valence electrons. The molecule has 0 spiro atoms. The highest BCUT2D eigenvalue weighted by atomic mass is 19.1. The summed E-state index contributed by atoms with van der Waals surface area (Å²) in [5.41, 5.74) is 0.852. The highest BCUT2D eigenvalue weighted by Crippen LogP contribution is 2.22. The molecule has 0 radical (unpaired) electrons. The van der Waals surface area contributed by atoms with E-state index in [1.807, 2.05) is 20.8 Å². The number of aryl methyl sites for hydroxylation is 1. The first-order valence-corrected chi connectivity index (χ1v) is 10.00. The summed E-state index contributed by atoms with van der Waals surface area (Å²) in [7, 11) is 1.63. The number of nitrogens with one attached hydrogen (secondary N) is 2. The minimum atomic E-state index is -0.514. The molecule has 1 aliphatic carbocycles. The Morgan fingerprint density at radius 1 is 1.24 bits per heavy atom. The number of carbonyl (C=O) groups is 1. The van der Waals surface area contributed by atoms with Crippen molar-refractivity contribution in [3.8, 4) is 0 Å². The third-order valence-electron chi connectivity index (χ3n) is 5.20. The van der Waals surface area contributed by atoms with E-state index < -0.39 is 11.4 Å². The predicted molar refractivity (Wildman–Crippen MR) is 109 cm³/mol. The Bertz CT molecular complexity index is 943. The minimum absolute atomic E-state index is 0.0854. The van der Waals surface area contributed by atoms with Gasteiger partial charge in [-0.15, -0.1) is 0 Å². The molecule has 0 unspecified atom stereocenters. The van der Waals surface area contributed by atoms with Crippen molar-refractivity contribution >= 4 is 17.1 Å². The monoisotopic (exact) mass is 404 g/mol. The van der Waals surface area contributed by atoms with Gasteiger partial charge in [0.2, 0.25) is 0 Å². The molecule has 7 nitrogen and oxygen atoms in total. The largest absolute Gasteiger partial charge is 0.444 e. The fraction of sp³-hybridized carbons (Fsp3) is 0.571. The number of hydrogen-bond acceptors (Lipinski definition) is 5. The van der Waals surface area contributed by atoms with Crippen molar-refractivity contribution in [3.63, 3.8) is 0 Å². The van der Waals surface area contributed by atoms with Gasteiger partial charge in [-0.1, -0.05) is 0 Å². The van der Waals surface area contributed by atoms with Crippen LogP contribution in [0.1, 0.15) is 52.0 Å². The molecule has 0 atom stereocenters. The van der Waals surface area contributed by atoms with E-state index in [1.54, 1.807) is 13.1 Å². The summed E-state index contributed by atoms with van der Waals surface area (Å²) in [6.45, 7) is 5.83. The quantitative estimate of drug-likeness (QED) is 0.818. The predicted octanol–water partition coefficient (Wildman–Crippen LogP) is 3.00. The van der Waals surface area contributed by atoms with Crippen LogP contribution in [0.5, 0.6) is 0 Å². The molecule has 1 amide bonds. The molecule has 2 aromatic heterocycles. The second-order valence-corrected chi connectivity index (χ2v) is 8.62. The maximum absolute atomic E-state index is 14.4. The molecule has 3 rings (SSSR count). The van der Waals surface area contributed by atoms with Gasteiger partial charge >= 0.3 is 6.09 Å². The highest BCUT2D eigenvalue weighted by molar-refractivity contribution is 5.78. The van der Waals surface area contributed by atoms with Crippen LogP contribution in [-0.4, -0.2) is 33.3 Å². The first-order chi connectivity index (χ1) is 13.6. The molecule has 1 aliphatic rings. The molecule has 0 bridgehead atoms. The molecular weight excluding hydrogens is 375 g/mol. The minimum Gasteiger partial charge on any atom is -0.444 e. The van der Waals surface area contributed by atoms with Crippen molar-refractivity contribution in [2.45, 2.75) is 70.7 Å². The average Bonchev–Trinajstić information content (AvgIpc) is 2.63. The van der Waals surface area contributed by atoms with E-state index in [-0.39, 0.29) is 23.7 Å². The summed E-state index contributed by atoms with van der Waals surface area (Å²) in [5, 5.41) is 6.32. The SMILES string of the molecule is Cn1c(=O)ccc2ncc(F)c(CNC3CCC(NC(=O)OC(C)(C)C)CC3)c21. The molecule has 2 heterocycles. The second-order valence-electron chi connectivity index (χ2n) is 8.62. The second kappa shape index (κ2) is 8.49. The van der Waals surface area contributed by atoms with Crippen molar-refractivity contribution in [2.24, 2.45) is 7.05 Å². The lowest BCUT2D eigenvalue weighted by Crippen LogP contribution is -2.43. The fourth-order valence-electron chi connectivity index (χ4n) is 3.73. The molecule has 0 aliphatic heterocycles. The number of nitrogens with zero attached hydrogens (tertiary/aromatic N) is 2. The topological polar surface area (TPSA) is 85.3 Å². The van der Waals surface area contributed by atoms with Gasteiger partial charge in [0.05, 0.1) is 17.2 Å². The van der Waals surface area contributed by atoms with E-state index in [0.717, 1.165) is 25.7 Å². The zero-order valence-electron chi connectivity index (χ0n) is 17.4. The molecule has 1 saturated carbocycles. The number of fused-ring (bicyclic) bond motifs is 1. The Morgan fingerprint density at radius 2 is 1.90 bits per heavy atom. The summed E-state index contributed by atoms with van der Waals surface area (Å²) in [6, 6.07) is 3.36. The Balaban J connectivity index is 1.59. The number of ether oxygens (including phenoxy) is 1. The van der Waals surface area contributed by atoms with Crippen LogP contribution in [0.25, 0.3) is 11.0 Å². The summed E-state index contributed by atoms with van der Waals surface area (Å²) in [5.74, 6) is -0.425. The molecule has 8 heteroatoms.